The van der Waals surface area contributed by atoms with Gasteiger partial charge in [0, 0.05) is 0 Å². The van der Waals surface area contributed by atoms with E-state index in [0.717, 1.165) is 5.56 Å². The van der Waals surface area contributed by atoms with Gasteiger partial charge in [-0.15, -0.1) is 0 Å². The summed E-state index contributed by atoms with van der Waals surface area (Å²) in [6, 6.07) is 4.70. The van der Waals surface area contributed by atoms with Crippen LogP contribution in [0, 0.1) is 0 Å². The van der Waals surface area contributed by atoms with Crippen LogP contribution in [0.1, 0.15) is 243 Å². The van der Waals surface area contributed by atoms with Crippen LogP contribution in [0.2, 0.25) is 0 Å². The van der Waals surface area contributed by atoms with Crippen LogP contribution in [-0.2, 0) is 0 Å². The summed E-state index contributed by atoms with van der Waals surface area (Å²) < 4.78 is 0. The Balaban J connectivity index is 2.35. The summed E-state index contributed by atoms with van der Waals surface area (Å²) >= 11 is 0. The van der Waals surface area contributed by atoms with Gasteiger partial charge in [-0.1, -0.05) is 208 Å². The summed E-state index contributed by atoms with van der Waals surface area (Å²) in [7, 11) is 0. The van der Waals surface area contributed by atoms with E-state index in [4.69, 9.17) is 0 Å². The molecule has 2 unspecified atom stereocenters. The van der Waals surface area contributed by atoms with Crippen molar-refractivity contribution in [2.24, 2.45) is 0 Å². The highest BCUT2D eigenvalue weighted by Crippen LogP contribution is 2.39. The lowest BCUT2D eigenvalue weighted by atomic mass is 9.84. The first-order valence-electron chi connectivity index (χ1n) is 19.3. The molecule has 0 fully saturated rings. The second kappa shape index (κ2) is 26.4. The number of benzene rings is 1. The third-order valence-electron chi connectivity index (χ3n) is 9.89. The molecule has 0 saturated heterocycles. The second-order valence-corrected chi connectivity index (χ2v) is 14.4. The molecule has 2 atom stereocenters. The van der Waals surface area contributed by atoms with Crippen LogP contribution in [0.25, 0.3) is 0 Å². The molecule has 0 aliphatic heterocycles. The van der Waals surface area contributed by atoms with E-state index < -0.39 is 0 Å². The minimum atomic E-state index is 0.362. The molecule has 1 rings (SSSR count). The van der Waals surface area contributed by atoms with Crippen LogP contribution < -0.4 is 0 Å². The van der Waals surface area contributed by atoms with E-state index in [0.29, 0.717) is 23.5 Å². The molecule has 42 heavy (non-hydrogen) atoms. The summed E-state index contributed by atoms with van der Waals surface area (Å²) in [6.45, 7) is 13.8. The monoisotopic (exact) mass is 585 g/mol. The zero-order valence-electron chi connectivity index (χ0n) is 29.7. The Hall–Kier alpha value is -0.980. The van der Waals surface area contributed by atoms with Crippen LogP contribution in [0.4, 0.5) is 0 Å². The predicted molar refractivity (Wildman–Crippen MR) is 190 cm³/mol. The Morgan fingerprint density at radius 3 is 1.10 bits per heavy atom. The molecule has 1 aromatic carbocycles. The lowest BCUT2D eigenvalue weighted by Crippen LogP contribution is -2.03. The number of hydrogen-bond donors (Lipinski definition) is 1. The predicted octanol–water partition coefficient (Wildman–Crippen LogP) is 14.9. The fourth-order valence-corrected chi connectivity index (χ4v) is 6.71. The molecule has 0 saturated carbocycles. The van der Waals surface area contributed by atoms with E-state index in [1.165, 1.54) is 178 Å². The van der Waals surface area contributed by atoms with Crippen LogP contribution in [-0.4, -0.2) is 5.11 Å². The molecule has 1 nitrogen and oxygen atoms in total. The highest BCUT2D eigenvalue weighted by atomic mass is 16.3. The Bertz CT molecular complexity index is 735. The molecule has 0 spiro atoms. The Morgan fingerprint density at radius 1 is 0.429 bits per heavy atom. The number of aromatic hydroxyl groups is 1. The van der Waals surface area contributed by atoms with Crippen molar-refractivity contribution in [1.29, 1.82) is 0 Å². The topological polar surface area (TPSA) is 20.2 Å². The first-order chi connectivity index (χ1) is 20.4. The van der Waals surface area contributed by atoms with E-state index in [9.17, 15) is 5.11 Å². The molecule has 1 N–H and O–H groups in total. The van der Waals surface area contributed by atoms with E-state index in [1.54, 1.807) is 0 Å². The minimum Gasteiger partial charge on any atom is -0.507 e. The maximum atomic E-state index is 11.2. The quantitative estimate of drug-likeness (QED) is 0.0928. The van der Waals surface area contributed by atoms with Crippen molar-refractivity contribution < 1.29 is 5.11 Å². The molecular formula is C41H76O. The standard InChI is InChI=1S/C41H76O/c1-7-9-11-13-15-17-19-21-23-25-27-29-31-36(5)38-33-39(35(3)4)41(42)40(34-38)37(6)32-30-28-26-24-22-20-18-16-14-12-10-8-2/h33-37,42H,7-32H2,1-6H3. The highest BCUT2D eigenvalue weighted by molar-refractivity contribution is 5.47. The van der Waals surface area contributed by atoms with Gasteiger partial charge in [0.15, 0.2) is 0 Å². The van der Waals surface area contributed by atoms with Gasteiger partial charge in [-0.3, -0.25) is 0 Å². The molecule has 0 amide bonds. The van der Waals surface area contributed by atoms with Gasteiger partial charge in [0.1, 0.15) is 5.75 Å². The third-order valence-corrected chi connectivity index (χ3v) is 9.89. The van der Waals surface area contributed by atoms with Gasteiger partial charge >= 0.3 is 0 Å². The molecule has 0 aliphatic rings. The van der Waals surface area contributed by atoms with E-state index in [2.05, 4.69) is 53.7 Å². The maximum Gasteiger partial charge on any atom is 0.122 e. The molecule has 0 aliphatic carbocycles. The minimum absolute atomic E-state index is 0.362. The second-order valence-electron chi connectivity index (χ2n) is 14.4. The fourth-order valence-electron chi connectivity index (χ4n) is 6.71. The third kappa shape index (κ3) is 18.6. The first kappa shape index (κ1) is 39.0. The summed E-state index contributed by atoms with van der Waals surface area (Å²) in [5.41, 5.74) is 3.82. The van der Waals surface area contributed by atoms with Crippen molar-refractivity contribution >= 4 is 0 Å². The van der Waals surface area contributed by atoms with Crippen LogP contribution in [0.5, 0.6) is 5.75 Å². The van der Waals surface area contributed by atoms with Gasteiger partial charge in [0.25, 0.3) is 0 Å². The van der Waals surface area contributed by atoms with E-state index in [-0.39, 0.29) is 0 Å². The molecule has 1 aromatic rings. The number of unbranched alkanes of at least 4 members (excludes halogenated alkanes) is 22. The van der Waals surface area contributed by atoms with Gasteiger partial charge in [0.2, 0.25) is 0 Å². The highest BCUT2D eigenvalue weighted by Gasteiger charge is 2.19. The number of rotatable bonds is 29. The Kier molecular flexibility index (Phi) is 24.6. The van der Waals surface area contributed by atoms with Crippen LogP contribution in [0.3, 0.4) is 0 Å². The van der Waals surface area contributed by atoms with Crippen molar-refractivity contribution in [1.82, 2.24) is 0 Å². The fraction of sp³-hybridized carbons (Fsp3) is 0.854. The normalized spacial score (nSPS) is 13.2. The zero-order chi connectivity index (χ0) is 30.8. The van der Waals surface area contributed by atoms with Crippen molar-refractivity contribution in [2.75, 3.05) is 0 Å². The van der Waals surface area contributed by atoms with Gasteiger partial charge in [-0.25, -0.2) is 0 Å². The Morgan fingerprint density at radius 2 is 0.738 bits per heavy atom. The smallest absolute Gasteiger partial charge is 0.122 e. The average molecular weight is 585 g/mol. The molecular weight excluding hydrogens is 508 g/mol. The summed E-state index contributed by atoms with van der Waals surface area (Å²) in [5, 5.41) is 11.2. The van der Waals surface area contributed by atoms with Crippen molar-refractivity contribution in [3.8, 4) is 5.75 Å². The van der Waals surface area contributed by atoms with Gasteiger partial charge in [-0.2, -0.15) is 0 Å². The van der Waals surface area contributed by atoms with Crippen LogP contribution >= 0.6 is 0 Å². The van der Waals surface area contributed by atoms with Gasteiger partial charge in [-0.05, 0) is 47.3 Å². The van der Waals surface area contributed by atoms with Gasteiger partial charge in [0.05, 0.1) is 0 Å². The average Bonchev–Trinajstić information content (AvgIpc) is 2.98. The first-order valence-corrected chi connectivity index (χ1v) is 19.3. The molecule has 1 heteroatoms. The molecule has 0 bridgehead atoms. The van der Waals surface area contributed by atoms with Gasteiger partial charge < -0.3 is 5.11 Å². The van der Waals surface area contributed by atoms with E-state index in [1.807, 2.05) is 0 Å². The van der Waals surface area contributed by atoms with E-state index >= 15 is 0 Å². The largest absolute Gasteiger partial charge is 0.507 e. The van der Waals surface area contributed by atoms with Crippen LogP contribution in [0.15, 0.2) is 12.1 Å². The molecule has 0 radical (unpaired) electrons. The summed E-state index contributed by atoms with van der Waals surface area (Å²) in [5.74, 6) is 1.95. The molecule has 0 heterocycles. The zero-order valence-corrected chi connectivity index (χ0v) is 29.7. The number of hydrogen-bond acceptors (Lipinski definition) is 1. The maximum absolute atomic E-state index is 11.2. The molecule has 246 valence electrons. The lowest BCUT2D eigenvalue weighted by Gasteiger charge is -2.22. The lowest BCUT2D eigenvalue weighted by molar-refractivity contribution is 0.446. The summed E-state index contributed by atoms with van der Waals surface area (Å²) in [6.07, 6.45) is 36.2. The molecule has 0 aromatic heterocycles. The number of phenolic OH excluding ortho intramolecular Hbond substituents is 1. The Labute approximate surface area is 265 Å². The van der Waals surface area contributed by atoms with Crippen molar-refractivity contribution in [3.63, 3.8) is 0 Å². The SMILES string of the molecule is CCCCCCCCCCCCCCC(C)c1cc(C(C)C)c(O)c(C(C)CCCCCCCCCCCCCC)c1. The van der Waals surface area contributed by atoms with Crippen molar-refractivity contribution in [3.05, 3.63) is 28.8 Å². The van der Waals surface area contributed by atoms with Crippen molar-refractivity contribution in [2.45, 2.75) is 226 Å². The number of phenols is 1. The summed E-state index contributed by atoms with van der Waals surface area (Å²) in [4.78, 5) is 0.